The van der Waals surface area contributed by atoms with Crippen molar-refractivity contribution in [3.05, 3.63) is 53.6 Å². The molecule has 0 aromatic heterocycles. The quantitative estimate of drug-likeness (QED) is 0.895. The first-order valence-corrected chi connectivity index (χ1v) is 7.16. The van der Waals surface area contributed by atoms with E-state index >= 15 is 0 Å². The third-order valence-corrected chi connectivity index (χ3v) is 3.81. The minimum absolute atomic E-state index is 0.366. The maximum atomic E-state index is 9.56. The van der Waals surface area contributed by atoms with E-state index < -0.39 is 0 Å². The van der Waals surface area contributed by atoms with Gasteiger partial charge in [-0.25, -0.2) is 0 Å². The molecule has 1 aliphatic rings. The summed E-state index contributed by atoms with van der Waals surface area (Å²) in [4.78, 5) is 2.40. The van der Waals surface area contributed by atoms with Crippen LogP contribution in [0.1, 0.15) is 18.1 Å². The average molecular weight is 268 g/mol. The Hall–Kier alpha value is -2.16. The Balaban J connectivity index is 1.88. The first-order chi connectivity index (χ1) is 9.78. The zero-order chi connectivity index (χ0) is 13.9. The maximum Gasteiger partial charge on any atom is 0.115 e. The molecule has 0 spiro atoms. The lowest BCUT2D eigenvalue weighted by atomic mass is 9.99. The van der Waals surface area contributed by atoms with Gasteiger partial charge in [0.15, 0.2) is 0 Å². The monoisotopic (exact) mass is 268 g/mol. The van der Waals surface area contributed by atoms with Crippen molar-refractivity contribution in [3.63, 3.8) is 0 Å². The first-order valence-electron chi connectivity index (χ1n) is 7.16. The summed E-state index contributed by atoms with van der Waals surface area (Å²) in [6.07, 6.45) is 0.976. The molecule has 0 atom stereocenters. The number of nitrogens with zero attached hydrogens (tertiary/aromatic N) is 1. The van der Waals surface area contributed by atoms with E-state index in [0.717, 1.165) is 26.1 Å². The number of phenols is 1. The maximum absolute atomic E-state index is 9.56. The molecule has 20 heavy (non-hydrogen) atoms. The van der Waals surface area contributed by atoms with Gasteiger partial charge in [-0.1, -0.05) is 18.2 Å². The van der Waals surface area contributed by atoms with Gasteiger partial charge < -0.3 is 15.3 Å². The van der Waals surface area contributed by atoms with Crippen LogP contribution in [0.15, 0.2) is 42.5 Å². The Morgan fingerprint density at radius 1 is 1.15 bits per heavy atom. The molecule has 1 aliphatic heterocycles. The van der Waals surface area contributed by atoms with Crippen molar-refractivity contribution in [1.29, 1.82) is 0 Å². The van der Waals surface area contributed by atoms with Crippen molar-refractivity contribution in [2.24, 2.45) is 0 Å². The number of benzene rings is 2. The second-order valence-corrected chi connectivity index (χ2v) is 5.17. The fourth-order valence-electron chi connectivity index (χ4n) is 2.83. The van der Waals surface area contributed by atoms with Gasteiger partial charge in [0.25, 0.3) is 0 Å². The molecule has 1 heterocycles. The fraction of sp³-hybridized carbons (Fsp3) is 0.294. The number of rotatable bonds is 3. The molecule has 3 nitrogen and oxygen atoms in total. The lowest BCUT2D eigenvalue weighted by Crippen LogP contribution is -2.30. The van der Waals surface area contributed by atoms with E-state index in [9.17, 15) is 5.11 Å². The number of para-hydroxylation sites is 2. The van der Waals surface area contributed by atoms with E-state index in [1.807, 2.05) is 12.1 Å². The van der Waals surface area contributed by atoms with Gasteiger partial charge in [0.05, 0.1) is 11.4 Å². The highest BCUT2D eigenvalue weighted by atomic mass is 16.3. The van der Waals surface area contributed by atoms with Crippen molar-refractivity contribution in [1.82, 2.24) is 0 Å². The summed E-state index contributed by atoms with van der Waals surface area (Å²) in [6.45, 7) is 4.93. The largest absolute Gasteiger partial charge is 0.508 e. The average Bonchev–Trinajstić information content (AvgIpc) is 2.48. The van der Waals surface area contributed by atoms with Gasteiger partial charge in [-0.2, -0.15) is 0 Å². The summed E-state index contributed by atoms with van der Waals surface area (Å²) in [5.74, 6) is 0.366. The first kappa shape index (κ1) is 12.9. The van der Waals surface area contributed by atoms with Crippen LogP contribution in [-0.2, 0) is 13.0 Å². The topological polar surface area (TPSA) is 35.5 Å². The summed E-state index contributed by atoms with van der Waals surface area (Å²) in [5.41, 5.74) is 5.02. The van der Waals surface area contributed by atoms with Gasteiger partial charge in [-0.3, -0.25) is 0 Å². The molecule has 0 saturated carbocycles. The zero-order valence-electron chi connectivity index (χ0n) is 11.8. The summed E-state index contributed by atoms with van der Waals surface area (Å²) >= 11 is 0. The predicted octanol–water partition coefficient (Wildman–Crippen LogP) is 3.39. The molecule has 104 valence electrons. The number of fused-ring (bicyclic) bond motifs is 1. The molecule has 0 radical (unpaired) electrons. The van der Waals surface area contributed by atoms with E-state index in [-0.39, 0.29) is 0 Å². The third kappa shape index (κ3) is 2.44. The Kier molecular flexibility index (Phi) is 3.50. The van der Waals surface area contributed by atoms with Crippen LogP contribution in [0.3, 0.4) is 0 Å². The van der Waals surface area contributed by atoms with Gasteiger partial charge >= 0.3 is 0 Å². The van der Waals surface area contributed by atoms with Crippen LogP contribution in [0.5, 0.6) is 5.75 Å². The highest BCUT2D eigenvalue weighted by molar-refractivity contribution is 5.70. The van der Waals surface area contributed by atoms with E-state index in [0.29, 0.717) is 5.75 Å². The molecule has 2 N–H and O–H groups in total. The number of anilines is 2. The van der Waals surface area contributed by atoms with Crippen LogP contribution in [0.4, 0.5) is 11.4 Å². The van der Waals surface area contributed by atoms with Crippen LogP contribution < -0.4 is 10.2 Å². The predicted molar refractivity (Wildman–Crippen MR) is 83.5 cm³/mol. The number of phenolic OH excluding ortho intramolecular Hbond substituents is 1. The minimum atomic E-state index is 0.366. The number of hydrogen-bond acceptors (Lipinski definition) is 3. The van der Waals surface area contributed by atoms with E-state index in [1.54, 1.807) is 6.07 Å². The van der Waals surface area contributed by atoms with Crippen LogP contribution in [0, 0.1) is 0 Å². The summed E-state index contributed by atoms with van der Waals surface area (Å²) < 4.78 is 0. The number of hydrogen-bond donors (Lipinski definition) is 2. The molecule has 0 unspecified atom stereocenters. The Morgan fingerprint density at radius 2 is 2.00 bits per heavy atom. The second kappa shape index (κ2) is 5.45. The third-order valence-electron chi connectivity index (χ3n) is 3.81. The van der Waals surface area contributed by atoms with E-state index in [4.69, 9.17) is 0 Å². The molecule has 3 rings (SSSR count). The van der Waals surface area contributed by atoms with Crippen LogP contribution in [0.2, 0.25) is 0 Å². The number of aromatic hydroxyl groups is 1. The minimum Gasteiger partial charge on any atom is -0.508 e. The van der Waals surface area contributed by atoms with Crippen molar-refractivity contribution in [2.75, 3.05) is 23.3 Å². The van der Waals surface area contributed by atoms with Crippen molar-refractivity contribution >= 4 is 11.4 Å². The van der Waals surface area contributed by atoms with Gasteiger partial charge in [0.2, 0.25) is 0 Å². The Morgan fingerprint density at radius 3 is 2.85 bits per heavy atom. The summed E-state index contributed by atoms with van der Waals surface area (Å²) in [5, 5.41) is 13.0. The lowest BCUT2D eigenvalue weighted by Gasteiger charge is -2.32. The van der Waals surface area contributed by atoms with Gasteiger partial charge in [-0.05, 0) is 48.7 Å². The highest BCUT2D eigenvalue weighted by Crippen LogP contribution is 2.31. The van der Waals surface area contributed by atoms with E-state index in [1.165, 1.54) is 22.5 Å². The second-order valence-electron chi connectivity index (χ2n) is 5.17. The Labute approximate surface area is 119 Å². The standard InChI is InChI=1S/C17H20N2O/c1-2-18-16-5-3-4-6-17(16)19-10-9-13-11-15(20)8-7-14(13)12-19/h3-8,11,18,20H,2,9-10,12H2,1H3. The number of nitrogens with one attached hydrogen (secondary N) is 1. The van der Waals surface area contributed by atoms with Gasteiger partial charge in [0, 0.05) is 19.6 Å². The smallest absolute Gasteiger partial charge is 0.115 e. The molecule has 3 heteroatoms. The molecule has 2 aromatic carbocycles. The normalized spacial score (nSPS) is 13.9. The van der Waals surface area contributed by atoms with Crippen molar-refractivity contribution < 1.29 is 5.11 Å². The molecule has 0 bridgehead atoms. The highest BCUT2D eigenvalue weighted by Gasteiger charge is 2.18. The zero-order valence-corrected chi connectivity index (χ0v) is 11.8. The van der Waals surface area contributed by atoms with Crippen LogP contribution in [-0.4, -0.2) is 18.2 Å². The molecule has 0 aliphatic carbocycles. The molecule has 2 aromatic rings. The molecule has 0 amide bonds. The molecular formula is C17H20N2O. The summed E-state index contributed by atoms with van der Waals surface area (Å²) in [6, 6.07) is 14.2. The van der Waals surface area contributed by atoms with Crippen LogP contribution in [0.25, 0.3) is 0 Å². The van der Waals surface area contributed by atoms with Gasteiger partial charge in [-0.15, -0.1) is 0 Å². The Bertz CT molecular complexity index is 610. The van der Waals surface area contributed by atoms with Crippen molar-refractivity contribution in [3.8, 4) is 5.75 Å². The fourth-order valence-corrected chi connectivity index (χ4v) is 2.83. The molecule has 0 fully saturated rings. The SMILES string of the molecule is CCNc1ccccc1N1CCc2cc(O)ccc2C1. The van der Waals surface area contributed by atoms with Crippen molar-refractivity contribution in [2.45, 2.75) is 19.9 Å². The summed E-state index contributed by atoms with van der Waals surface area (Å²) in [7, 11) is 0. The molecular weight excluding hydrogens is 248 g/mol. The molecule has 0 saturated heterocycles. The van der Waals surface area contributed by atoms with E-state index in [2.05, 4.69) is 41.4 Å². The lowest BCUT2D eigenvalue weighted by molar-refractivity contribution is 0.473. The van der Waals surface area contributed by atoms with Gasteiger partial charge in [0.1, 0.15) is 5.75 Å². The van der Waals surface area contributed by atoms with Crippen LogP contribution >= 0.6 is 0 Å².